The Morgan fingerprint density at radius 2 is 1.79 bits per heavy atom. The van der Waals surface area contributed by atoms with Crippen molar-refractivity contribution in [2.45, 2.75) is 40.9 Å². The molecule has 0 radical (unpaired) electrons. The van der Waals surface area contributed by atoms with Gasteiger partial charge >= 0.3 is 5.97 Å². The predicted molar refractivity (Wildman–Crippen MR) is 115 cm³/mol. The van der Waals surface area contributed by atoms with Crippen LogP contribution in [0.3, 0.4) is 0 Å². The van der Waals surface area contributed by atoms with Crippen molar-refractivity contribution in [1.82, 2.24) is 0 Å². The molecule has 0 amide bonds. The molecule has 0 aliphatic heterocycles. The first kappa shape index (κ1) is 21.9. The number of allylic oxidation sites excluding steroid dienone is 4. The van der Waals surface area contributed by atoms with Gasteiger partial charge in [-0.15, -0.1) is 11.3 Å². The van der Waals surface area contributed by atoms with Crippen LogP contribution in [0.5, 0.6) is 5.75 Å². The lowest BCUT2D eigenvalue weighted by atomic mass is 9.99. The van der Waals surface area contributed by atoms with Gasteiger partial charge in [-0.2, -0.15) is 0 Å². The minimum Gasteiger partial charge on any atom is -0.465 e. The monoisotopic (exact) mass is 400 g/mol. The summed E-state index contributed by atoms with van der Waals surface area (Å²) >= 11 is 1.36. The van der Waals surface area contributed by atoms with Crippen LogP contribution in [0.25, 0.3) is 5.57 Å². The van der Waals surface area contributed by atoms with E-state index >= 15 is 0 Å². The first-order chi connectivity index (χ1) is 13.4. The minimum absolute atomic E-state index is 0.190. The van der Waals surface area contributed by atoms with E-state index in [1.165, 1.54) is 28.1 Å². The molecule has 0 fully saturated rings. The van der Waals surface area contributed by atoms with E-state index in [0.29, 0.717) is 4.88 Å². The topological polar surface area (TPSA) is 44.8 Å². The van der Waals surface area contributed by atoms with Crippen LogP contribution in [0.15, 0.2) is 59.0 Å². The Bertz CT molecular complexity index is 809. The Kier molecular flexibility index (Phi) is 8.48. The fourth-order valence-electron chi connectivity index (χ4n) is 2.56. The van der Waals surface area contributed by atoms with Crippen LogP contribution >= 0.6 is 11.3 Å². The van der Waals surface area contributed by atoms with Crippen LogP contribution < -0.4 is 4.74 Å². The number of hydrogen-bond donors (Lipinski definition) is 0. The molecule has 2 rings (SSSR count). The molecule has 0 aliphatic rings. The third-order valence-corrected chi connectivity index (χ3v) is 4.68. The van der Waals surface area contributed by atoms with Crippen molar-refractivity contribution in [2.24, 2.45) is 0 Å². The molecule has 0 bridgehead atoms. The summed E-state index contributed by atoms with van der Waals surface area (Å²) in [7, 11) is 0. The van der Waals surface area contributed by atoms with Crippen molar-refractivity contribution in [3.05, 3.63) is 69.4 Å². The summed E-state index contributed by atoms with van der Waals surface area (Å²) in [4.78, 5) is 12.3. The molecular formula is C23H28O4S. The second kappa shape index (κ2) is 10.8. The van der Waals surface area contributed by atoms with Gasteiger partial charge in [0.1, 0.15) is 17.2 Å². The van der Waals surface area contributed by atoms with Crippen molar-refractivity contribution in [1.29, 1.82) is 0 Å². The number of ether oxygens (including phenoxy) is 3. The summed E-state index contributed by atoms with van der Waals surface area (Å²) in [6, 6.07) is 11.5. The van der Waals surface area contributed by atoms with E-state index < -0.39 is 6.29 Å². The number of carbonyl (C=O) groups excluding carboxylic acids is 1. The third-order valence-electron chi connectivity index (χ3n) is 3.83. The van der Waals surface area contributed by atoms with Crippen LogP contribution in [0, 0.1) is 0 Å². The van der Waals surface area contributed by atoms with E-state index in [1.54, 1.807) is 6.07 Å². The van der Waals surface area contributed by atoms with E-state index in [9.17, 15) is 4.79 Å². The molecule has 1 atom stereocenters. The molecule has 0 saturated heterocycles. The number of hydrogen-bond acceptors (Lipinski definition) is 5. The molecule has 1 heterocycles. The van der Waals surface area contributed by atoms with Crippen LogP contribution in [0.4, 0.5) is 0 Å². The van der Waals surface area contributed by atoms with Gasteiger partial charge in [-0.05, 0) is 69.3 Å². The van der Waals surface area contributed by atoms with Gasteiger partial charge < -0.3 is 14.2 Å². The van der Waals surface area contributed by atoms with E-state index in [-0.39, 0.29) is 19.2 Å². The van der Waals surface area contributed by atoms with E-state index in [0.717, 1.165) is 11.3 Å². The normalized spacial score (nSPS) is 11.5. The lowest BCUT2D eigenvalue weighted by Gasteiger charge is -2.16. The zero-order chi connectivity index (χ0) is 20.5. The number of rotatable bonds is 9. The van der Waals surface area contributed by atoms with Gasteiger partial charge in [0.2, 0.25) is 0 Å². The molecule has 28 heavy (non-hydrogen) atoms. The quantitative estimate of drug-likeness (QED) is 0.221. The highest BCUT2D eigenvalue weighted by atomic mass is 32.1. The van der Waals surface area contributed by atoms with E-state index in [2.05, 4.69) is 33.8 Å². The maximum absolute atomic E-state index is 11.7. The van der Waals surface area contributed by atoms with Gasteiger partial charge in [-0.1, -0.05) is 35.4 Å². The summed E-state index contributed by atoms with van der Waals surface area (Å²) in [5.74, 6) is 0.409. The molecule has 1 aromatic carbocycles. The van der Waals surface area contributed by atoms with Gasteiger partial charge in [0.05, 0.1) is 6.61 Å². The fraction of sp³-hybridized carbons (Fsp3) is 0.348. The maximum atomic E-state index is 11.7. The van der Waals surface area contributed by atoms with Crippen LogP contribution in [-0.4, -0.2) is 25.5 Å². The first-order valence-electron chi connectivity index (χ1n) is 9.28. The zero-order valence-corrected chi connectivity index (χ0v) is 18.0. The molecular weight excluding hydrogens is 372 g/mol. The molecule has 1 aromatic heterocycles. The lowest BCUT2D eigenvalue weighted by Crippen LogP contribution is -2.20. The minimum atomic E-state index is -0.438. The average molecular weight is 401 g/mol. The molecule has 150 valence electrons. The highest BCUT2D eigenvalue weighted by Crippen LogP contribution is 2.24. The SMILES string of the molecule is CC(C)=CC(=C(C)C)c1ccc(OC(C)OCCOC(=O)c2cccs2)cc1. The second-order valence-electron chi connectivity index (χ2n) is 6.83. The van der Waals surface area contributed by atoms with E-state index in [4.69, 9.17) is 14.2 Å². The Morgan fingerprint density at radius 1 is 1.07 bits per heavy atom. The number of thiophene rings is 1. The summed E-state index contributed by atoms with van der Waals surface area (Å²) in [6.45, 7) is 10.7. The maximum Gasteiger partial charge on any atom is 0.348 e. The highest BCUT2D eigenvalue weighted by Gasteiger charge is 2.09. The molecule has 5 heteroatoms. The van der Waals surface area contributed by atoms with Gasteiger partial charge in [-0.3, -0.25) is 0 Å². The van der Waals surface area contributed by atoms with E-state index in [1.807, 2.05) is 42.6 Å². The van der Waals surface area contributed by atoms with Crippen molar-refractivity contribution < 1.29 is 19.0 Å². The standard InChI is InChI=1S/C23H28O4S/c1-16(2)15-21(17(3)4)19-8-10-20(11-9-19)27-18(5)25-12-13-26-23(24)22-7-6-14-28-22/h6-11,14-15,18H,12-13H2,1-5H3. The largest absolute Gasteiger partial charge is 0.465 e. The summed E-state index contributed by atoms with van der Waals surface area (Å²) in [5, 5.41) is 1.84. The van der Waals surface area contributed by atoms with Gasteiger partial charge in [0, 0.05) is 0 Å². The van der Waals surface area contributed by atoms with Crippen LogP contribution in [0.1, 0.15) is 49.9 Å². The van der Waals surface area contributed by atoms with Crippen molar-refractivity contribution in [3.63, 3.8) is 0 Å². The Morgan fingerprint density at radius 3 is 2.36 bits per heavy atom. The molecule has 0 saturated carbocycles. The first-order valence-corrected chi connectivity index (χ1v) is 10.2. The third kappa shape index (κ3) is 6.98. The molecule has 1 unspecified atom stereocenters. The predicted octanol–water partition coefficient (Wildman–Crippen LogP) is 6.11. The molecule has 0 spiro atoms. The summed E-state index contributed by atoms with van der Waals surface area (Å²) in [5.41, 5.74) is 4.91. The molecule has 2 aromatic rings. The molecule has 0 aliphatic carbocycles. The lowest BCUT2D eigenvalue weighted by molar-refractivity contribution is -0.0783. The zero-order valence-electron chi connectivity index (χ0n) is 17.2. The number of carbonyl (C=O) groups is 1. The van der Waals surface area contributed by atoms with Gasteiger partial charge in [-0.25, -0.2) is 4.79 Å². The number of benzene rings is 1. The molecule has 0 N–H and O–H groups in total. The van der Waals surface area contributed by atoms with Crippen molar-refractivity contribution >= 4 is 22.9 Å². The Balaban J connectivity index is 1.80. The summed E-state index contributed by atoms with van der Waals surface area (Å²) < 4.78 is 16.5. The van der Waals surface area contributed by atoms with Gasteiger partial charge in [0.15, 0.2) is 6.29 Å². The van der Waals surface area contributed by atoms with Crippen molar-refractivity contribution in [3.8, 4) is 5.75 Å². The van der Waals surface area contributed by atoms with Crippen molar-refractivity contribution in [2.75, 3.05) is 13.2 Å². The smallest absolute Gasteiger partial charge is 0.348 e. The van der Waals surface area contributed by atoms with Crippen LogP contribution in [-0.2, 0) is 9.47 Å². The second-order valence-corrected chi connectivity index (χ2v) is 7.78. The van der Waals surface area contributed by atoms with Gasteiger partial charge in [0.25, 0.3) is 0 Å². The summed E-state index contributed by atoms with van der Waals surface area (Å²) in [6.07, 6.45) is 1.75. The Hall–Kier alpha value is -2.37. The fourth-order valence-corrected chi connectivity index (χ4v) is 3.17. The average Bonchev–Trinajstić information content (AvgIpc) is 3.18. The highest BCUT2D eigenvalue weighted by molar-refractivity contribution is 7.11. The van der Waals surface area contributed by atoms with Crippen LogP contribution in [0.2, 0.25) is 0 Å². The number of esters is 1. The molecule has 4 nitrogen and oxygen atoms in total. The Labute approximate surface area is 171 Å².